The van der Waals surface area contributed by atoms with Crippen molar-refractivity contribution in [2.75, 3.05) is 25.5 Å². The molecule has 0 radical (unpaired) electrons. The summed E-state index contributed by atoms with van der Waals surface area (Å²) in [6, 6.07) is 4.99. The zero-order valence-electron chi connectivity index (χ0n) is 18.6. The molecule has 1 saturated heterocycles. The third kappa shape index (κ3) is 5.76. The van der Waals surface area contributed by atoms with Gasteiger partial charge in [0.05, 0.1) is 24.1 Å². The second-order valence-electron chi connectivity index (χ2n) is 8.23. The van der Waals surface area contributed by atoms with Crippen molar-refractivity contribution in [2.45, 2.75) is 70.6 Å². The van der Waals surface area contributed by atoms with Crippen LogP contribution in [-0.4, -0.2) is 61.1 Å². The van der Waals surface area contributed by atoms with E-state index in [1.807, 2.05) is 13.8 Å². The fraction of sp³-hybridized carbons (Fsp3) is 0.609. The molecular formula is C23H33N3O5. The number of nitrogens with zero attached hydrogens (tertiary/aromatic N) is 1. The first-order chi connectivity index (χ1) is 14.9. The molecule has 3 amide bonds. The number of nitrogens with one attached hydrogen (secondary N) is 2. The van der Waals surface area contributed by atoms with E-state index in [2.05, 4.69) is 10.6 Å². The number of hydrogen-bond donors (Lipinski definition) is 2. The SMILES string of the molecule is CCCNC(=O)C[C@H]1CC[C@H]2[C@@H](COc3ccc(NC(=O)CCC)cc3C(=O)N2C)O1. The summed E-state index contributed by atoms with van der Waals surface area (Å²) in [5.74, 6) is 0.212. The molecule has 0 bridgehead atoms. The number of ether oxygens (including phenoxy) is 2. The third-order valence-electron chi connectivity index (χ3n) is 5.76. The number of hydrogen-bond acceptors (Lipinski definition) is 5. The summed E-state index contributed by atoms with van der Waals surface area (Å²) in [6.07, 6.45) is 3.36. The molecule has 1 aromatic rings. The lowest BCUT2D eigenvalue weighted by Crippen LogP contribution is -2.54. The van der Waals surface area contributed by atoms with Gasteiger partial charge in [0.15, 0.2) is 0 Å². The predicted molar refractivity (Wildman–Crippen MR) is 117 cm³/mol. The summed E-state index contributed by atoms with van der Waals surface area (Å²) >= 11 is 0. The molecule has 0 spiro atoms. The van der Waals surface area contributed by atoms with Crippen molar-refractivity contribution in [1.82, 2.24) is 10.2 Å². The van der Waals surface area contributed by atoms with E-state index in [-0.39, 0.29) is 36.0 Å². The summed E-state index contributed by atoms with van der Waals surface area (Å²) in [7, 11) is 1.77. The molecule has 3 atom stereocenters. The zero-order valence-corrected chi connectivity index (χ0v) is 18.6. The molecular weight excluding hydrogens is 398 g/mol. The highest BCUT2D eigenvalue weighted by Gasteiger charge is 2.39. The smallest absolute Gasteiger partial charge is 0.257 e. The number of likely N-dealkylation sites (N-methyl/N-ethyl adjacent to an activating group) is 1. The number of fused-ring (bicyclic) bond motifs is 2. The van der Waals surface area contributed by atoms with Crippen molar-refractivity contribution in [2.24, 2.45) is 0 Å². The maximum absolute atomic E-state index is 13.2. The van der Waals surface area contributed by atoms with Gasteiger partial charge in [-0.1, -0.05) is 13.8 Å². The Labute approximate surface area is 183 Å². The Kier molecular flexibility index (Phi) is 7.90. The fourth-order valence-electron chi connectivity index (χ4n) is 4.10. The highest BCUT2D eigenvalue weighted by Crippen LogP contribution is 2.32. The molecule has 0 aromatic heterocycles. The molecule has 8 nitrogen and oxygen atoms in total. The van der Waals surface area contributed by atoms with Gasteiger partial charge in [-0.25, -0.2) is 0 Å². The number of carbonyl (C=O) groups excluding carboxylic acids is 3. The molecule has 2 aliphatic rings. The average Bonchev–Trinajstić information content (AvgIpc) is 2.75. The van der Waals surface area contributed by atoms with Gasteiger partial charge in [0.25, 0.3) is 5.91 Å². The van der Waals surface area contributed by atoms with Crippen LogP contribution in [-0.2, 0) is 14.3 Å². The van der Waals surface area contributed by atoms with Gasteiger partial charge in [-0.05, 0) is 43.9 Å². The minimum Gasteiger partial charge on any atom is -0.490 e. The first-order valence-corrected chi connectivity index (χ1v) is 11.2. The molecule has 2 heterocycles. The predicted octanol–water partition coefficient (Wildman–Crippen LogP) is 2.72. The zero-order chi connectivity index (χ0) is 22.4. The molecule has 8 heteroatoms. The van der Waals surface area contributed by atoms with Crippen molar-refractivity contribution < 1.29 is 23.9 Å². The summed E-state index contributed by atoms with van der Waals surface area (Å²) in [5, 5.41) is 5.72. The standard InChI is InChI=1S/C23H33N3O5/c1-4-6-21(27)25-15-7-10-19-17(12-15)23(29)26(3)18-9-8-16(31-20(18)14-30-19)13-22(28)24-11-5-2/h7,10,12,16,18,20H,4-6,8-9,11,13-14H2,1-3H3,(H,24,28)(H,25,27)/t16-,18+,20-/m1/s1. The Morgan fingerprint density at radius 1 is 1.16 bits per heavy atom. The normalized spacial score (nSPS) is 23.0. The van der Waals surface area contributed by atoms with Crippen LogP contribution in [0.15, 0.2) is 18.2 Å². The van der Waals surface area contributed by atoms with Crippen LogP contribution in [0.4, 0.5) is 5.69 Å². The number of amides is 3. The topological polar surface area (TPSA) is 97.0 Å². The maximum Gasteiger partial charge on any atom is 0.257 e. The number of rotatable bonds is 7. The molecule has 0 unspecified atom stereocenters. The van der Waals surface area contributed by atoms with Crippen LogP contribution in [0.2, 0.25) is 0 Å². The van der Waals surface area contributed by atoms with Crippen LogP contribution >= 0.6 is 0 Å². The Balaban J connectivity index is 1.71. The van der Waals surface area contributed by atoms with E-state index < -0.39 is 0 Å². The third-order valence-corrected chi connectivity index (χ3v) is 5.76. The van der Waals surface area contributed by atoms with Gasteiger partial charge in [-0.2, -0.15) is 0 Å². The first kappa shape index (κ1) is 23.1. The van der Waals surface area contributed by atoms with Crippen molar-refractivity contribution in [3.8, 4) is 5.75 Å². The monoisotopic (exact) mass is 431 g/mol. The highest BCUT2D eigenvalue weighted by molar-refractivity contribution is 5.99. The summed E-state index contributed by atoms with van der Waals surface area (Å²) in [6.45, 7) is 4.91. The van der Waals surface area contributed by atoms with Crippen LogP contribution in [0.3, 0.4) is 0 Å². The summed E-state index contributed by atoms with van der Waals surface area (Å²) in [5.41, 5.74) is 1.01. The first-order valence-electron chi connectivity index (χ1n) is 11.2. The van der Waals surface area contributed by atoms with E-state index >= 15 is 0 Å². The molecule has 0 saturated carbocycles. The van der Waals surface area contributed by atoms with E-state index in [4.69, 9.17) is 9.47 Å². The Morgan fingerprint density at radius 2 is 1.97 bits per heavy atom. The molecule has 170 valence electrons. The van der Waals surface area contributed by atoms with Gasteiger partial charge in [-0.15, -0.1) is 0 Å². The van der Waals surface area contributed by atoms with Gasteiger partial charge in [0, 0.05) is 25.7 Å². The molecule has 1 fully saturated rings. The van der Waals surface area contributed by atoms with Crippen molar-refractivity contribution >= 4 is 23.4 Å². The van der Waals surface area contributed by atoms with Crippen LogP contribution in [0.5, 0.6) is 5.75 Å². The van der Waals surface area contributed by atoms with Crippen LogP contribution in [0.25, 0.3) is 0 Å². The molecule has 2 aliphatic heterocycles. The molecule has 3 rings (SSSR count). The molecule has 1 aromatic carbocycles. The summed E-state index contributed by atoms with van der Waals surface area (Å²) < 4.78 is 12.1. The number of benzene rings is 1. The average molecular weight is 432 g/mol. The number of anilines is 1. The molecule has 31 heavy (non-hydrogen) atoms. The van der Waals surface area contributed by atoms with Crippen LogP contribution in [0, 0.1) is 0 Å². The van der Waals surface area contributed by atoms with Gasteiger partial charge in [-0.3, -0.25) is 14.4 Å². The second-order valence-corrected chi connectivity index (χ2v) is 8.23. The number of carbonyl (C=O) groups is 3. The highest BCUT2D eigenvalue weighted by atomic mass is 16.5. The van der Waals surface area contributed by atoms with Gasteiger partial charge in [0.1, 0.15) is 18.5 Å². The van der Waals surface area contributed by atoms with Gasteiger partial charge >= 0.3 is 0 Å². The minimum absolute atomic E-state index is 0.00973. The van der Waals surface area contributed by atoms with E-state index in [1.54, 1.807) is 30.1 Å². The van der Waals surface area contributed by atoms with Gasteiger partial charge < -0.3 is 25.0 Å². The van der Waals surface area contributed by atoms with E-state index in [0.717, 1.165) is 19.3 Å². The lowest BCUT2D eigenvalue weighted by Gasteiger charge is -2.42. The Hall–Kier alpha value is -2.61. The van der Waals surface area contributed by atoms with Crippen molar-refractivity contribution in [1.29, 1.82) is 0 Å². The Bertz CT molecular complexity index is 812. The van der Waals surface area contributed by atoms with Crippen LogP contribution < -0.4 is 15.4 Å². The summed E-state index contributed by atoms with van der Waals surface area (Å²) in [4.78, 5) is 38.9. The molecule has 2 N–H and O–H groups in total. The second kappa shape index (κ2) is 10.6. The Morgan fingerprint density at radius 3 is 2.71 bits per heavy atom. The van der Waals surface area contributed by atoms with Crippen molar-refractivity contribution in [3.05, 3.63) is 23.8 Å². The van der Waals surface area contributed by atoms with Crippen molar-refractivity contribution in [3.63, 3.8) is 0 Å². The lowest BCUT2D eigenvalue weighted by atomic mass is 9.94. The molecule has 0 aliphatic carbocycles. The van der Waals surface area contributed by atoms with E-state index in [0.29, 0.717) is 49.4 Å². The fourth-order valence-corrected chi connectivity index (χ4v) is 4.10. The maximum atomic E-state index is 13.2. The lowest BCUT2D eigenvalue weighted by molar-refractivity contribution is -0.134. The largest absolute Gasteiger partial charge is 0.490 e. The van der Waals surface area contributed by atoms with E-state index in [9.17, 15) is 14.4 Å². The van der Waals surface area contributed by atoms with Crippen LogP contribution in [0.1, 0.15) is 62.7 Å². The minimum atomic E-state index is -0.302. The van der Waals surface area contributed by atoms with E-state index in [1.165, 1.54) is 0 Å². The van der Waals surface area contributed by atoms with Gasteiger partial charge in [0.2, 0.25) is 11.8 Å². The quantitative estimate of drug-likeness (QED) is 0.692.